The molecule has 1 aromatic heterocycles. The lowest BCUT2D eigenvalue weighted by Gasteiger charge is -2.10. The van der Waals surface area contributed by atoms with Gasteiger partial charge in [-0.15, -0.1) is 0 Å². The highest BCUT2D eigenvalue weighted by molar-refractivity contribution is 6.02. The molecule has 1 amide bonds. The van der Waals surface area contributed by atoms with Crippen molar-refractivity contribution in [2.24, 2.45) is 0 Å². The molecule has 0 saturated carbocycles. The standard InChI is InChI=1S/C11H14N2O4.C11H12N2O3/c1-16-6-9(14)13-8-5-3-4-7(10(8)12)11(15)17-2;1-15-6-9-12-8-5-3-4-7(10(8)13-9)11(14)16-2/h3-5H,6,12H2,1-2H3,(H,13,14);3-5H,6H2,1-2H3,(H,12,13). The summed E-state index contributed by atoms with van der Waals surface area (Å²) in [5.74, 6) is -0.596. The van der Waals surface area contributed by atoms with Crippen molar-refractivity contribution in [2.45, 2.75) is 6.61 Å². The Labute approximate surface area is 190 Å². The fourth-order valence-electron chi connectivity index (χ4n) is 2.84. The molecule has 2 aromatic carbocycles. The summed E-state index contributed by atoms with van der Waals surface area (Å²) in [7, 11) is 5.62. The van der Waals surface area contributed by atoms with Gasteiger partial charge in [0.15, 0.2) is 0 Å². The van der Waals surface area contributed by atoms with Crippen molar-refractivity contribution >= 4 is 40.3 Å². The maximum Gasteiger partial charge on any atom is 0.340 e. The van der Waals surface area contributed by atoms with Crippen molar-refractivity contribution in [3.8, 4) is 0 Å². The van der Waals surface area contributed by atoms with Gasteiger partial charge in [-0.1, -0.05) is 12.1 Å². The Morgan fingerprint density at radius 1 is 0.939 bits per heavy atom. The summed E-state index contributed by atoms with van der Waals surface area (Å²) in [6.07, 6.45) is 0. The number of nitrogens with zero attached hydrogens (tertiary/aromatic N) is 1. The van der Waals surface area contributed by atoms with Crippen LogP contribution in [0.1, 0.15) is 26.5 Å². The number of aromatic amines is 1. The number of nitrogen functional groups attached to an aromatic ring is 1. The molecule has 0 fully saturated rings. The Bertz CT molecular complexity index is 1130. The Morgan fingerprint density at radius 3 is 2.21 bits per heavy atom. The van der Waals surface area contributed by atoms with E-state index in [0.717, 1.165) is 5.52 Å². The second kappa shape index (κ2) is 12.2. The fraction of sp³-hybridized carbons (Fsp3) is 0.273. The van der Waals surface area contributed by atoms with Crippen molar-refractivity contribution in [3.63, 3.8) is 0 Å². The first kappa shape index (κ1) is 25.3. The molecule has 176 valence electrons. The Morgan fingerprint density at radius 2 is 1.58 bits per heavy atom. The topological polar surface area (TPSA) is 155 Å². The molecular formula is C22H26N4O7. The number of benzene rings is 2. The number of H-pyrrole nitrogens is 1. The molecule has 0 saturated heterocycles. The van der Waals surface area contributed by atoms with E-state index in [2.05, 4.69) is 29.5 Å². The number of nitrogens with one attached hydrogen (secondary N) is 2. The lowest BCUT2D eigenvalue weighted by molar-refractivity contribution is -0.119. The van der Waals surface area contributed by atoms with E-state index in [1.165, 1.54) is 27.4 Å². The van der Waals surface area contributed by atoms with Gasteiger partial charge >= 0.3 is 11.9 Å². The molecule has 1 heterocycles. The predicted molar refractivity (Wildman–Crippen MR) is 121 cm³/mol. The SMILES string of the molecule is COCC(=O)Nc1cccc(C(=O)OC)c1N.COCc1nc2c(C(=O)OC)cccc2[nH]1. The number of rotatable bonds is 7. The van der Waals surface area contributed by atoms with Crippen molar-refractivity contribution in [1.82, 2.24) is 9.97 Å². The van der Waals surface area contributed by atoms with Crippen molar-refractivity contribution < 1.29 is 33.3 Å². The van der Waals surface area contributed by atoms with E-state index >= 15 is 0 Å². The molecule has 0 spiro atoms. The molecule has 0 atom stereocenters. The third-order valence-electron chi connectivity index (χ3n) is 4.31. The number of fused-ring (bicyclic) bond motifs is 1. The molecule has 0 unspecified atom stereocenters. The van der Waals surface area contributed by atoms with E-state index in [4.69, 9.17) is 10.5 Å². The van der Waals surface area contributed by atoms with Gasteiger partial charge in [0.2, 0.25) is 5.91 Å². The maximum atomic E-state index is 11.5. The number of anilines is 2. The molecule has 3 rings (SSSR count). The van der Waals surface area contributed by atoms with Crippen LogP contribution in [0.2, 0.25) is 0 Å². The number of hydrogen-bond acceptors (Lipinski definition) is 9. The first-order valence-electron chi connectivity index (χ1n) is 9.66. The van der Waals surface area contributed by atoms with E-state index < -0.39 is 5.97 Å². The van der Waals surface area contributed by atoms with Crippen LogP contribution in [-0.4, -0.2) is 62.9 Å². The number of ether oxygens (including phenoxy) is 4. The third kappa shape index (κ3) is 6.51. The Hall–Kier alpha value is -3.96. The van der Waals surface area contributed by atoms with E-state index in [1.54, 1.807) is 31.4 Å². The average Bonchev–Trinajstić information content (AvgIpc) is 3.23. The van der Waals surface area contributed by atoms with Gasteiger partial charge in [-0.25, -0.2) is 14.6 Å². The molecule has 4 N–H and O–H groups in total. The summed E-state index contributed by atoms with van der Waals surface area (Å²) < 4.78 is 18.9. The highest BCUT2D eigenvalue weighted by Crippen LogP contribution is 2.23. The lowest BCUT2D eigenvalue weighted by Crippen LogP contribution is -2.19. The molecule has 0 aliphatic rings. The van der Waals surface area contributed by atoms with Crippen LogP contribution in [0.15, 0.2) is 36.4 Å². The number of nitrogens with two attached hydrogens (primary N) is 1. The lowest BCUT2D eigenvalue weighted by atomic mass is 10.1. The minimum absolute atomic E-state index is 0.0815. The van der Waals surface area contributed by atoms with Crippen LogP contribution in [0.4, 0.5) is 11.4 Å². The second-order valence-electron chi connectivity index (χ2n) is 6.55. The van der Waals surface area contributed by atoms with Gasteiger partial charge in [-0.2, -0.15) is 0 Å². The normalized spacial score (nSPS) is 10.2. The number of imidazole rings is 1. The highest BCUT2D eigenvalue weighted by Gasteiger charge is 2.14. The molecule has 11 nitrogen and oxygen atoms in total. The smallest absolute Gasteiger partial charge is 0.340 e. The second-order valence-corrected chi connectivity index (χ2v) is 6.55. The summed E-state index contributed by atoms with van der Waals surface area (Å²) in [5, 5.41) is 2.53. The first-order chi connectivity index (χ1) is 15.9. The zero-order valence-corrected chi connectivity index (χ0v) is 18.8. The number of hydrogen-bond donors (Lipinski definition) is 3. The molecule has 3 aromatic rings. The number of amides is 1. The van der Waals surface area contributed by atoms with E-state index in [0.29, 0.717) is 29.2 Å². The minimum Gasteiger partial charge on any atom is -0.465 e. The molecule has 0 bridgehead atoms. The largest absolute Gasteiger partial charge is 0.465 e. The zero-order chi connectivity index (χ0) is 24.4. The van der Waals surface area contributed by atoms with Crippen LogP contribution < -0.4 is 11.1 Å². The Kier molecular flexibility index (Phi) is 9.33. The summed E-state index contributed by atoms with van der Waals surface area (Å²) in [6.45, 7) is 0.303. The summed E-state index contributed by atoms with van der Waals surface area (Å²) >= 11 is 0. The minimum atomic E-state index is -0.551. The van der Waals surface area contributed by atoms with Crippen molar-refractivity contribution in [2.75, 3.05) is 46.1 Å². The van der Waals surface area contributed by atoms with Crippen LogP contribution in [0.3, 0.4) is 0 Å². The van der Waals surface area contributed by atoms with Gasteiger partial charge < -0.3 is 35.0 Å². The van der Waals surface area contributed by atoms with Gasteiger partial charge in [-0.3, -0.25) is 4.79 Å². The van der Waals surface area contributed by atoms with E-state index in [1.807, 2.05) is 6.07 Å². The van der Waals surface area contributed by atoms with E-state index in [9.17, 15) is 14.4 Å². The quantitative estimate of drug-likeness (QED) is 0.357. The summed E-state index contributed by atoms with van der Waals surface area (Å²) in [6, 6.07) is 10.0. The predicted octanol–water partition coefficient (Wildman–Crippen LogP) is 2.14. The van der Waals surface area contributed by atoms with Crippen LogP contribution >= 0.6 is 0 Å². The zero-order valence-electron chi connectivity index (χ0n) is 18.8. The van der Waals surface area contributed by atoms with Crippen LogP contribution in [-0.2, 0) is 30.3 Å². The summed E-state index contributed by atoms with van der Waals surface area (Å²) in [5.41, 5.74) is 8.36. The van der Waals surface area contributed by atoms with Gasteiger partial charge in [-0.05, 0) is 24.3 Å². The number of para-hydroxylation sites is 2. The number of esters is 2. The highest BCUT2D eigenvalue weighted by atomic mass is 16.5. The molecular weight excluding hydrogens is 432 g/mol. The van der Waals surface area contributed by atoms with E-state index in [-0.39, 0.29) is 29.7 Å². The fourth-order valence-corrected chi connectivity index (χ4v) is 2.84. The molecule has 11 heteroatoms. The number of aromatic nitrogens is 2. The van der Waals surface area contributed by atoms with Gasteiger partial charge in [0.25, 0.3) is 0 Å². The number of methoxy groups -OCH3 is 4. The maximum absolute atomic E-state index is 11.5. The molecule has 0 aliphatic heterocycles. The monoisotopic (exact) mass is 458 g/mol. The number of carbonyl (C=O) groups is 3. The van der Waals surface area contributed by atoms with Crippen LogP contribution in [0.5, 0.6) is 0 Å². The molecule has 0 radical (unpaired) electrons. The molecule has 0 aliphatic carbocycles. The van der Waals surface area contributed by atoms with Crippen molar-refractivity contribution in [1.29, 1.82) is 0 Å². The van der Waals surface area contributed by atoms with Gasteiger partial charge in [0.1, 0.15) is 24.6 Å². The van der Waals surface area contributed by atoms with Crippen molar-refractivity contribution in [3.05, 3.63) is 53.3 Å². The Balaban J connectivity index is 0.000000234. The number of carbonyl (C=O) groups excluding carboxylic acids is 3. The first-order valence-corrected chi connectivity index (χ1v) is 9.66. The summed E-state index contributed by atoms with van der Waals surface area (Å²) in [4.78, 5) is 41.5. The van der Waals surface area contributed by atoms with Crippen LogP contribution in [0, 0.1) is 0 Å². The third-order valence-corrected chi connectivity index (χ3v) is 4.31. The van der Waals surface area contributed by atoms with Gasteiger partial charge in [0, 0.05) is 14.2 Å². The molecule has 33 heavy (non-hydrogen) atoms. The van der Waals surface area contributed by atoms with Crippen LogP contribution in [0.25, 0.3) is 11.0 Å². The van der Waals surface area contributed by atoms with Gasteiger partial charge in [0.05, 0.1) is 42.2 Å². The average molecular weight is 458 g/mol.